The van der Waals surface area contributed by atoms with Crippen LogP contribution in [-0.2, 0) is 9.84 Å². The molecule has 4 heteroatoms. The molecular weight excluding hydrogens is 282 g/mol. The van der Waals surface area contributed by atoms with Crippen molar-refractivity contribution in [2.45, 2.75) is 64.0 Å². The van der Waals surface area contributed by atoms with Crippen molar-refractivity contribution < 1.29 is 8.42 Å². The summed E-state index contributed by atoms with van der Waals surface area (Å²) >= 11 is 0. The van der Waals surface area contributed by atoms with Crippen LogP contribution in [0.5, 0.6) is 0 Å². The largest absolute Gasteiger partial charge is 0.316 e. The maximum absolute atomic E-state index is 11.9. The minimum atomic E-state index is -2.85. The molecule has 0 radical (unpaired) electrons. The molecule has 2 saturated carbocycles. The molecule has 0 aromatic heterocycles. The first kappa shape index (κ1) is 17.3. The average molecular weight is 316 g/mol. The highest BCUT2D eigenvalue weighted by molar-refractivity contribution is 7.91. The fraction of sp³-hybridized carbons (Fsp3) is 1.00. The molecule has 2 fully saturated rings. The zero-order valence-corrected chi connectivity index (χ0v) is 14.8. The van der Waals surface area contributed by atoms with Gasteiger partial charge in [-0.2, -0.15) is 0 Å². The summed E-state index contributed by atoms with van der Waals surface area (Å²) in [6.07, 6.45) is 9.56. The second-order valence-corrected chi connectivity index (χ2v) is 10.1. The molecule has 124 valence electrons. The third-order valence-corrected chi connectivity index (χ3v) is 7.19. The Morgan fingerprint density at radius 2 is 1.81 bits per heavy atom. The van der Waals surface area contributed by atoms with Crippen LogP contribution >= 0.6 is 0 Å². The van der Waals surface area contributed by atoms with E-state index in [0.29, 0.717) is 11.8 Å². The van der Waals surface area contributed by atoms with Crippen molar-refractivity contribution >= 4 is 9.84 Å². The second kappa shape index (κ2) is 7.45. The molecule has 4 atom stereocenters. The van der Waals surface area contributed by atoms with Gasteiger partial charge in [0.25, 0.3) is 0 Å². The summed E-state index contributed by atoms with van der Waals surface area (Å²) in [7, 11) is -2.85. The summed E-state index contributed by atoms with van der Waals surface area (Å²) in [6, 6.07) is 0. The lowest BCUT2D eigenvalue weighted by atomic mass is 9.75. The Morgan fingerprint density at radius 3 is 2.48 bits per heavy atom. The molecule has 0 heterocycles. The van der Waals surface area contributed by atoms with Gasteiger partial charge in [0.15, 0.2) is 0 Å². The van der Waals surface area contributed by atoms with Crippen molar-refractivity contribution in [3.63, 3.8) is 0 Å². The van der Waals surface area contributed by atoms with Crippen LogP contribution in [0, 0.1) is 23.7 Å². The molecule has 0 amide bonds. The van der Waals surface area contributed by atoms with Crippen LogP contribution in [0.2, 0.25) is 0 Å². The van der Waals surface area contributed by atoms with Crippen LogP contribution in [0.1, 0.15) is 58.8 Å². The third-order valence-electron chi connectivity index (χ3n) is 5.55. The Morgan fingerprint density at radius 1 is 1.10 bits per heavy atom. The highest BCUT2D eigenvalue weighted by Gasteiger charge is 2.38. The van der Waals surface area contributed by atoms with Gasteiger partial charge in [0.1, 0.15) is 9.84 Å². The predicted octanol–water partition coefficient (Wildman–Crippen LogP) is 3.25. The van der Waals surface area contributed by atoms with Crippen molar-refractivity contribution in [3.8, 4) is 0 Å². The quantitative estimate of drug-likeness (QED) is 0.818. The smallest absolute Gasteiger partial charge is 0.150 e. The Kier molecular flexibility index (Phi) is 6.13. The molecule has 0 aromatic rings. The number of sulfone groups is 1. The number of nitrogens with one attached hydrogen (secondary N) is 1. The fourth-order valence-electron chi connectivity index (χ4n) is 4.46. The molecule has 1 N–H and O–H groups in total. The van der Waals surface area contributed by atoms with Gasteiger partial charge in [-0.1, -0.05) is 33.1 Å². The van der Waals surface area contributed by atoms with Crippen molar-refractivity contribution in [2.75, 3.05) is 19.3 Å². The zero-order chi connectivity index (χ0) is 15.5. The molecule has 2 aliphatic carbocycles. The highest BCUT2D eigenvalue weighted by Crippen LogP contribution is 2.43. The van der Waals surface area contributed by atoms with Crippen LogP contribution in [0.25, 0.3) is 0 Å². The lowest BCUT2D eigenvalue weighted by Crippen LogP contribution is -2.35. The van der Waals surface area contributed by atoms with Crippen LogP contribution in [0.4, 0.5) is 0 Å². The van der Waals surface area contributed by atoms with Gasteiger partial charge in [0, 0.05) is 6.26 Å². The Hall–Kier alpha value is -0.0900. The molecular formula is C17H33NO2S. The third kappa shape index (κ3) is 4.95. The van der Waals surface area contributed by atoms with Crippen molar-refractivity contribution in [3.05, 3.63) is 0 Å². The average Bonchev–Trinajstić information content (AvgIpc) is 2.86. The number of hydrogen-bond donors (Lipinski definition) is 1. The van der Waals surface area contributed by atoms with E-state index in [1.165, 1.54) is 31.9 Å². The topological polar surface area (TPSA) is 46.2 Å². The van der Waals surface area contributed by atoms with Gasteiger partial charge >= 0.3 is 0 Å². The number of hydrogen-bond acceptors (Lipinski definition) is 3. The maximum atomic E-state index is 11.9. The number of rotatable bonds is 6. The molecule has 0 spiro atoms. The Labute approximate surface area is 131 Å². The van der Waals surface area contributed by atoms with Crippen LogP contribution < -0.4 is 5.32 Å². The normalized spacial score (nSPS) is 34.5. The van der Waals surface area contributed by atoms with Gasteiger partial charge in [-0.3, -0.25) is 0 Å². The molecule has 0 aliphatic heterocycles. The van der Waals surface area contributed by atoms with Crippen molar-refractivity contribution in [1.29, 1.82) is 0 Å². The molecule has 2 rings (SSSR count). The van der Waals surface area contributed by atoms with Crippen molar-refractivity contribution in [2.24, 2.45) is 23.7 Å². The van der Waals surface area contributed by atoms with Gasteiger partial charge in [0.05, 0.1) is 5.25 Å². The van der Waals surface area contributed by atoms with Gasteiger partial charge in [-0.25, -0.2) is 8.42 Å². The van der Waals surface area contributed by atoms with Crippen LogP contribution in [0.3, 0.4) is 0 Å². The van der Waals surface area contributed by atoms with E-state index in [4.69, 9.17) is 0 Å². The van der Waals surface area contributed by atoms with E-state index >= 15 is 0 Å². The molecule has 4 unspecified atom stereocenters. The van der Waals surface area contributed by atoms with Gasteiger partial charge in [0.2, 0.25) is 0 Å². The van der Waals surface area contributed by atoms with E-state index in [-0.39, 0.29) is 5.25 Å². The van der Waals surface area contributed by atoms with Gasteiger partial charge < -0.3 is 5.32 Å². The first-order valence-corrected chi connectivity index (χ1v) is 10.7. The molecule has 0 aromatic carbocycles. The van der Waals surface area contributed by atoms with Gasteiger partial charge in [-0.05, 0) is 62.4 Å². The second-order valence-electron chi connectivity index (χ2n) is 7.79. The summed E-state index contributed by atoms with van der Waals surface area (Å²) < 4.78 is 23.7. The van der Waals surface area contributed by atoms with E-state index in [9.17, 15) is 8.42 Å². The molecule has 0 saturated heterocycles. The summed E-state index contributed by atoms with van der Waals surface area (Å²) in [5.74, 6) is 2.88. The minimum absolute atomic E-state index is 0.0684. The monoisotopic (exact) mass is 315 g/mol. The highest BCUT2D eigenvalue weighted by atomic mass is 32.2. The Balaban J connectivity index is 1.90. The zero-order valence-electron chi connectivity index (χ0n) is 14.0. The van der Waals surface area contributed by atoms with E-state index in [1.807, 2.05) is 0 Å². The summed E-state index contributed by atoms with van der Waals surface area (Å²) in [5.41, 5.74) is 0. The van der Waals surface area contributed by atoms with Crippen molar-refractivity contribution in [1.82, 2.24) is 5.32 Å². The summed E-state index contributed by atoms with van der Waals surface area (Å²) in [5, 5.41) is 3.55. The van der Waals surface area contributed by atoms with E-state index in [0.717, 1.165) is 44.2 Å². The first-order valence-electron chi connectivity index (χ1n) is 8.77. The maximum Gasteiger partial charge on any atom is 0.150 e. The van der Waals surface area contributed by atoms with Crippen LogP contribution in [-0.4, -0.2) is 33.0 Å². The predicted molar refractivity (Wildman–Crippen MR) is 89.1 cm³/mol. The molecule has 2 aliphatic rings. The van der Waals surface area contributed by atoms with Gasteiger partial charge in [-0.15, -0.1) is 0 Å². The summed E-state index contributed by atoms with van der Waals surface area (Å²) in [6.45, 7) is 6.72. The first-order chi connectivity index (χ1) is 9.88. The summed E-state index contributed by atoms with van der Waals surface area (Å²) in [4.78, 5) is 0. The lowest BCUT2D eigenvalue weighted by molar-refractivity contribution is 0.199. The van der Waals surface area contributed by atoms with Crippen LogP contribution in [0.15, 0.2) is 0 Å². The lowest BCUT2D eigenvalue weighted by Gasteiger charge is -2.35. The molecule has 0 bridgehead atoms. The SMILES string of the molecule is CC(C)CNCC1CCCC1C1CCCC(S(C)(=O)=O)C1. The van der Waals surface area contributed by atoms with E-state index < -0.39 is 9.84 Å². The van der Waals surface area contributed by atoms with E-state index in [2.05, 4.69) is 19.2 Å². The fourth-order valence-corrected chi connectivity index (χ4v) is 5.65. The Bertz CT molecular complexity index is 419. The molecule has 3 nitrogen and oxygen atoms in total. The standard InChI is InChI=1S/C17H33NO2S/c1-13(2)11-18-12-15-7-5-9-17(15)14-6-4-8-16(10-14)21(3,19)20/h13-18H,4-12H2,1-3H3. The molecule has 21 heavy (non-hydrogen) atoms. The minimum Gasteiger partial charge on any atom is -0.316 e. The van der Waals surface area contributed by atoms with E-state index in [1.54, 1.807) is 0 Å².